The smallest absolute Gasteiger partial charge is 0.344 e. The molecule has 0 amide bonds. The van der Waals surface area contributed by atoms with Gasteiger partial charge < -0.3 is 4.74 Å². The van der Waals surface area contributed by atoms with E-state index in [0.717, 1.165) is 14.7 Å². The SMILES string of the molecule is O=C1O/C(=C\c2ccccc2I)c2ccccc21. The standard InChI is InChI=1S/C15H9IO2/c16-13-8-4-1-5-10(13)9-14-11-6-2-3-7-12(11)15(17)18-14/h1-9H/b14-9-. The molecule has 0 aromatic heterocycles. The lowest BCUT2D eigenvalue weighted by Gasteiger charge is -2.01. The van der Waals surface area contributed by atoms with Gasteiger partial charge in [-0.1, -0.05) is 36.4 Å². The number of halogens is 1. The Balaban J connectivity index is 2.11. The molecule has 3 heteroatoms. The maximum absolute atomic E-state index is 11.7. The lowest BCUT2D eigenvalue weighted by Crippen LogP contribution is -1.92. The van der Waals surface area contributed by atoms with Gasteiger partial charge in [-0.2, -0.15) is 0 Å². The van der Waals surface area contributed by atoms with Gasteiger partial charge in [-0.05, 0) is 46.4 Å². The normalized spacial score (nSPS) is 15.6. The zero-order chi connectivity index (χ0) is 12.5. The first kappa shape index (κ1) is 11.5. The fourth-order valence-electron chi connectivity index (χ4n) is 1.93. The number of benzene rings is 2. The maximum Gasteiger partial charge on any atom is 0.344 e. The zero-order valence-corrected chi connectivity index (χ0v) is 11.5. The lowest BCUT2D eigenvalue weighted by molar-refractivity contribution is 0.0717. The summed E-state index contributed by atoms with van der Waals surface area (Å²) in [6, 6.07) is 15.4. The van der Waals surface area contributed by atoms with Crippen molar-refractivity contribution >= 4 is 40.4 Å². The van der Waals surface area contributed by atoms with E-state index in [1.807, 2.05) is 48.5 Å². The molecule has 0 saturated heterocycles. The van der Waals surface area contributed by atoms with E-state index in [0.29, 0.717) is 11.3 Å². The molecule has 1 aliphatic heterocycles. The van der Waals surface area contributed by atoms with Crippen molar-refractivity contribution in [1.82, 2.24) is 0 Å². The first-order valence-electron chi connectivity index (χ1n) is 5.53. The van der Waals surface area contributed by atoms with Gasteiger partial charge >= 0.3 is 5.97 Å². The number of cyclic esters (lactones) is 1. The molecule has 2 nitrogen and oxygen atoms in total. The van der Waals surface area contributed by atoms with Crippen LogP contribution in [0.1, 0.15) is 21.5 Å². The van der Waals surface area contributed by atoms with Crippen LogP contribution in [-0.4, -0.2) is 5.97 Å². The summed E-state index contributed by atoms with van der Waals surface area (Å²) in [5, 5.41) is 0. The van der Waals surface area contributed by atoms with Gasteiger partial charge in [-0.15, -0.1) is 0 Å². The Kier molecular flexibility index (Phi) is 2.91. The molecule has 0 bridgehead atoms. The Labute approximate surface area is 118 Å². The molecule has 0 spiro atoms. The molecule has 3 rings (SSSR count). The molecule has 1 heterocycles. The predicted molar refractivity (Wildman–Crippen MR) is 78.9 cm³/mol. The summed E-state index contributed by atoms with van der Waals surface area (Å²) in [7, 11) is 0. The molecule has 0 radical (unpaired) electrons. The molecule has 0 unspecified atom stereocenters. The highest BCUT2D eigenvalue weighted by Gasteiger charge is 2.25. The Bertz CT molecular complexity index is 659. The van der Waals surface area contributed by atoms with E-state index in [-0.39, 0.29) is 5.97 Å². The van der Waals surface area contributed by atoms with Crippen molar-refractivity contribution < 1.29 is 9.53 Å². The van der Waals surface area contributed by atoms with E-state index >= 15 is 0 Å². The maximum atomic E-state index is 11.7. The second-order valence-electron chi connectivity index (χ2n) is 3.97. The number of hydrogen-bond donors (Lipinski definition) is 0. The van der Waals surface area contributed by atoms with Crippen molar-refractivity contribution in [1.29, 1.82) is 0 Å². The van der Waals surface area contributed by atoms with Gasteiger partial charge in [0, 0.05) is 9.13 Å². The molecule has 0 saturated carbocycles. The number of fused-ring (bicyclic) bond motifs is 1. The second kappa shape index (κ2) is 4.57. The van der Waals surface area contributed by atoms with Crippen molar-refractivity contribution in [3.63, 3.8) is 0 Å². The van der Waals surface area contributed by atoms with Crippen molar-refractivity contribution in [2.75, 3.05) is 0 Å². The van der Waals surface area contributed by atoms with E-state index in [9.17, 15) is 4.79 Å². The summed E-state index contributed by atoms with van der Waals surface area (Å²) in [5.74, 6) is 0.350. The molecule has 0 fully saturated rings. The van der Waals surface area contributed by atoms with Crippen LogP contribution >= 0.6 is 22.6 Å². The third-order valence-corrected chi connectivity index (χ3v) is 3.79. The van der Waals surface area contributed by atoms with Gasteiger partial charge in [0.2, 0.25) is 0 Å². The van der Waals surface area contributed by atoms with Crippen LogP contribution in [0.25, 0.3) is 11.8 Å². The van der Waals surface area contributed by atoms with Crippen molar-refractivity contribution in [2.24, 2.45) is 0 Å². The summed E-state index contributed by atoms with van der Waals surface area (Å²) >= 11 is 2.27. The third kappa shape index (κ3) is 1.95. The third-order valence-electron chi connectivity index (χ3n) is 2.81. The quantitative estimate of drug-likeness (QED) is 0.576. The number of esters is 1. The average molecular weight is 348 g/mol. The Morgan fingerprint density at radius 3 is 2.39 bits per heavy atom. The van der Waals surface area contributed by atoms with Crippen LogP contribution < -0.4 is 0 Å². The lowest BCUT2D eigenvalue weighted by atomic mass is 10.1. The molecular weight excluding hydrogens is 339 g/mol. The number of rotatable bonds is 1. The monoisotopic (exact) mass is 348 g/mol. The van der Waals surface area contributed by atoms with Crippen LogP contribution in [0.5, 0.6) is 0 Å². The summed E-state index contributed by atoms with van der Waals surface area (Å²) in [4.78, 5) is 11.7. The van der Waals surface area contributed by atoms with E-state index in [4.69, 9.17) is 4.74 Å². The Morgan fingerprint density at radius 2 is 1.61 bits per heavy atom. The summed E-state index contributed by atoms with van der Waals surface area (Å²) in [6.07, 6.45) is 1.91. The van der Waals surface area contributed by atoms with Gasteiger partial charge in [-0.25, -0.2) is 4.79 Å². The fraction of sp³-hybridized carbons (Fsp3) is 0. The van der Waals surface area contributed by atoms with Crippen LogP contribution in [0.15, 0.2) is 48.5 Å². The van der Waals surface area contributed by atoms with Crippen molar-refractivity contribution in [2.45, 2.75) is 0 Å². The van der Waals surface area contributed by atoms with Crippen LogP contribution in [0, 0.1) is 3.57 Å². The van der Waals surface area contributed by atoms with Gasteiger partial charge in [0.15, 0.2) is 0 Å². The highest BCUT2D eigenvalue weighted by molar-refractivity contribution is 14.1. The van der Waals surface area contributed by atoms with Gasteiger partial charge in [-0.3, -0.25) is 0 Å². The molecule has 2 aromatic carbocycles. The van der Waals surface area contributed by atoms with E-state index in [2.05, 4.69) is 22.6 Å². The molecule has 2 aromatic rings. The van der Waals surface area contributed by atoms with E-state index < -0.39 is 0 Å². The molecule has 1 aliphatic rings. The summed E-state index contributed by atoms with van der Waals surface area (Å²) in [5.41, 5.74) is 2.55. The molecular formula is C15H9IO2. The largest absolute Gasteiger partial charge is 0.422 e. The molecule has 0 atom stereocenters. The fourth-order valence-corrected chi connectivity index (χ4v) is 2.47. The minimum atomic E-state index is -0.275. The number of ether oxygens (including phenoxy) is 1. The Hall–Kier alpha value is -1.62. The average Bonchev–Trinajstić information content (AvgIpc) is 2.70. The van der Waals surface area contributed by atoms with E-state index in [1.54, 1.807) is 6.07 Å². The molecule has 0 aliphatic carbocycles. The zero-order valence-electron chi connectivity index (χ0n) is 9.39. The minimum absolute atomic E-state index is 0.275. The molecule has 18 heavy (non-hydrogen) atoms. The van der Waals surface area contributed by atoms with Gasteiger partial charge in [0.25, 0.3) is 0 Å². The predicted octanol–water partition coefficient (Wildman–Crippen LogP) is 3.96. The number of carbonyl (C=O) groups is 1. The molecule has 0 N–H and O–H groups in total. The second-order valence-corrected chi connectivity index (χ2v) is 5.13. The summed E-state index contributed by atoms with van der Waals surface area (Å²) in [6.45, 7) is 0. The Morgan fingerprint density at radius 1 is 0.944 bits per heavy atom. The van der Waals surface area contributed by atoms with Crippen LogP contribution in [0.4, 0.5) is 0 Å². The van der Waals surface area contributed by atoms with Crippen molar-refractivity contribution in [3.05, 3.63) is 68.8 Å². The van der Waals surface area contributed by atoms with Gasteiger partial charge in [0.05, 0.1) is 5.56 Å². The van der Waals surface area contributed by atoms with Crippen molar-refractivity contribution in [3.8, 4) is 0 Å². The van der Waals surface area contributed by atoms with Crippen LogP contribution in [-0.2, 0) is 4.74 Å². The number of hydrogen-bond acceptors (Lipinski definition) is 2. The van der Waals surface area contributed by atoms with Gasteiger partial charge in [0.1, 0.15) is 5.76 Å². The minimum Gasteiger partial charge on any atom is -0.422 e. The highest BCUT2D eigenvalue weighted by Crippen LogP contribution is 2.31. The van der Waals surface area contributed by atoms with E-state index in [1.165, 1.54) is 0 Å². The first-order chi connectivity index (χ1) is 8.75. The first-order valence-corrected chi connectivity index (χ1v) is 6.61. The van der Waals surface area contributed by atoms with Crippen LogP contribution in [0.2, 0.25) is 0 Å². The van der Waals surface area contributed by atoms with Crippen LogP contribution in [0.3, 0.4) is 0 Å². The molecule has 88 valence electrons. The highest BCUT2D eigenvalue weighted by atomic mass is 127. The summed E-state index contributed by atoms with van der Waals surface area (Å²) < 4.78 is 6.44. The topological polar surface area (TPSA) is 26.3 Å². The number of carbonyl (C=O) groups excluding carboxylic acids is 1.